The van der Waals surface area contributed by atoms with Gasteiger partial charge >= 0.3 is 7.12 Å². The topological polar surface area (TPSA) is 44.5 Å². The highest BCUT2D eigenvalue weighted by molar-refractivity contribution is 6.47. The van der Waals surface area contributed by atoms with Crippen LogP contribution in [-0.2, 0) is 9.31 Å². The molecule has 1 saturated carbocycles. The molecule has 2 aliphatic rings. The van der Waals surface area contributed by atoms with E-state index in [4.69, 9.17) is 15.0 Å². The van der Waals surface area contributed by atoms with Crippen LogP contribution in [0.25, 0.3) is 0 Å². The molecule has 0 bridgehead atoms. The van der Waals surface area contributed by atoms with Crippen molar-refractivity contribution in [3.8, 4) is 0 Å². The minimum absolute atomic E-state index is 0.0000694. The first-order chi connectivity index (χ1) is 8.82. The van der Waals surface area contributed by atoms with Crippen molar-refractivity contribution >= 4 is 7.12 Å². The second-order valence-electron chi connectivity index (χ2n) is 7.50. The first-order valence-corrected chi connectivity index (χ1v) is 7.90. The second-order valence-corrected chi connectivity index (χ2v) is 7.50. The first kappa shape index (κ1) is 15.3. The number of hydrogen-bond donors (Lipinski definition) is 1. The Hall–Kier alpha value is -0.0551. The molecule has 1 aliphatic carbocycles. The molecule has 19 heavy (non-hydrogen) atoms. The van der Waals surface area contributed by atoms with E-state index in [1.54, 1.807) is 0 Å². The zero-order chi connectivity index (χ0) is 14.2. The largest absolute Gasteiger partial charge is 0.475 e. The van der Waals surface area contributed by atoms with Crippen molar-refractivity contribution in [2.45, 2.75) is 77.9 Å². The Morgan fingerprint density at radius 2 is 2.00 bits per heavy atom. The van der Waals surface area contributed by atoms with Gasteiger partial charge in [-0.1, -0.05) is 27.7 Å². The lowest BCUT2D eigenvalue weighted by atomic mass is 9.73. The smallest absolute Gasteiger partial charge is 0.404 e. The summed E-state index contributed by atoms with van der Waals surface area (Å²) in [6, 6.07) is 0. The Bertz CT molecular complexity index is 311. The lowest BCUT2D eigenvalue weighted by Gasteiger charge is -2.39. The van der Waals surface area contributed by atoms with Crippen molar-refractivity contribution in [1.82, 2.24) is 0 Å². The van der Waals surface area contributed by atoms with Gasteiger partial charge in [-0.15, -0.1) is 0 Å². The molecule has 0 amide bonds. The van der Waals surface area contributed by atoms with Gasteiger partial charge in [0, 0.05) is 5.94 Å². The molecule has 4 heteroatoms. The molecule has 4 atom stereocenters. The molecular formula is C15H30BNO2. The predicted molar refractivity (Wildman–Crippen MR) is 79.7 cm³/mol. The van der Waals surface area contributed by atoms with Crippen molar-refractivity contribution in [3.05, 3.63) is 0 Å². The summed E-state index contributed by atoms with van der Waals surface area (Å²) in [6.45, 7) is 11.2. The SMILES string of the molecule is CC(C)C[C@H](N)B1O[C@@H]2C[C@@H](C(C)C)CC[C@]2(C)O1. The summed E-state index contributed by atoms with van der Waals surface area (Å²) in [6.07, 6.45) is 4.67. The van der Waals surface area contributed by atoms with Gasteiger partial charge in [0.25, 0.3) is 0 Å². The van der Waals surface area contributed by atoms with Gasteiger partial charge in [-0.05, 0) is 50.4 Å². The fourth-order valence-corrected chi connectivity index (χ4v) is 3.51. The molecule has 1 saturated heterocycles. The van der Waals surface area contributed by atoms with Gasteiger partial charge in [-0.2, -0.15) is 0 Å². The zero-order valence-corrected chi connectivity index (χ0v) is 13.2. The molecule has 0 spiro atoms. The Balaban J connectivity index is 1.97. The summed E-state index contributed by atoms with van der Waals surface area (Å²) in [5.74, 6) is 2.08. The maximum absolute atomic E-state index is 6.24. The zero-order valence-electron chi connectivity index (χ0n) is 13.2. The Kier molecular flexibility index (Phi) is 4.64. The fourth-order valence-electron chi connectivity index (χ4n) is 3.51. The average molecular weight is 267 g/mol. The third-order valence-corrected chi connectivity index (χ3v) is 4.93. The molecule has 0 aromatic carbocycles. The Morgan fingerprint density at radius 1 is 1.32 bits per heavy atom. The van der Waals surface area contributed by atoms with E-state index in [0.717, 1.165) is 31.1 Å². The van der Waals surface area contributed by atoms with Crippen molar-refractivity contribution < 1.29 is 9.31 Å². The predicted octanol–water partition coefficient (Wildman–Crippen LogP) is 3.02. The lowest BCUT2D eigenvalue weighted by Crippen LogP contribution is -2.44. The molecule has 1 aliphatic heterocycles. The summed E-state index contributed by atoms with van der Waals surface area (Å²) in [5, 5.41) is 0. The van der Waals surface area contributed by atoms with Gasteiger partial charge in [-0.25, -0.2) is 0 Å². The van der Waals surface area contributed by atoms with Crippen LogP contribution < -0.4 is 5.73 Å². The summed E-state index contributed by atoms with van der Waals surface area (Å²) in [5.41, 5.74) is 6.13. The molecule has 0 aromatic heterocycles. The van der Waals surface area contributed by atoms with Gasteiger partial charge in [-0.3, -0.25) is 0 Å². The Morgan fingerprint density at radius 3 is 2.58 bits per heavy atom. The van der Waals surface area contributed by atoms with Crippen LogP contribution in [0.2, 0.25) is 0 Å². The molecule has 0 unspecified atom stereocenters. The maximum Gasteiger partial charge on any atom is 0.475 e. The molecule has 0 radical (unpaired) electrons. The molecule has 110 valence electrons. The van der Waals surface area contributed by atoms with Gasteiger partial charge in [0.05, 0.1) is 11.7 Å². The molecule has 2 rings (SSSR count). The molecule has 1 heterocycles. The van der Waals surface area contributed by atoms with E-state index in [2.05, 4.69) is 34.6 Å². The highest BCUT2D eigenvalue weighted by Crippen LogP contribution is 2.44. The second kappa shape index (κ2) is 5.75. The third-order valence-electron chi connectivity index (χ3n) is 4.93. The standard InChI is InChI=1S/C15H30BNO2/c1-10(2)8-14(17)16-18-13-9-12(11(3)4)6-7-15(13,5)19-16/h10-14H,6-9,17H2,1-5H3/t12-,13+,14-,15-/m0/s1. The minimum atomic E-state index is -0.205. The average Bonchev–Trinajstić information content (AvgIpc) is 2.64. The van der Waals surface area contributed by atoms with Gasteiger partial charge in [0.1, 0.15) is 0 Å². The highest BCUT2D eigenvalue weighted by Gasteiger charge is 2.53. The van der Waals surface area contributed by atoms with Gasteiger partial charge in [0.15, 0.2) is 0 Å². The van der Waals surface area contributed by atoms with E-state index in [1.165, 1.54) is 6.42 Å². The van der Waals surface area contributed by atoms with E-state index in [-0.39, 0.29) is 24.8 Å². The Labute approximate surface area is 118 Å². The van der Waals surface area contributed by atoms with Crippen LogP contribution in [0.3, 0.4) is 0 Å². The number of hydrogen-bond acceptors (Lipinski definition) is 3. The maximum atomic E-state index is 6.24. The van der Waals surface area contributed by atoms with Crippen LogP contribution >= 0.6 is 0 Å². The van der Waals surface area contributed by atoms with Crippen LogP contribution in [0.1, 0.15) is 60.3 Å². The quantitative estimate of drug-likeness (QED) is 0.796. The number of rotatable bonds is 4. The van der Waals surface area contributed by atoms with Crippen molar-refractivity contribution in [3.63, 3.8) is 0 Å². The van der Waals surface area contributed by atoms with Crippen LogP contribution in [0.4, 0.5) is 0 Å². The number of nitrogens with two attached hydrogens (primary N) is 1. The third kappa shape index (κ3) is 3.34. The molecule has 3 nitrogen and oxygen atoms in total. The molecule has 2 N–H and O–H groups in total. The van der Waals surface area contributed by atoms with E-state index in [1.807, 2.05) is 0 Å². The first-order valence-electron chi connectivity index (χ1n) is 7.90. The van der Waals surface area contributed by atoms with Crippen LogP contribution in [-0.4, -0.2) is 24.8 Å². The van der Waals surface area contributed by atoms with E-state index in [9.17, 15) is 0 Å². The summed E-state index contributed by atoms with van der Waals surface area (Å²) in [4.78, 5) is 0. The summed E-state index contributed by atoms with van der Waals surface area (Å²) in [7, 11) is -0.205. The monoisotopic (exact) mass is 267 g/mol. The van der Waals surface area contributed by atoms with Crippen LogP contribution in [0.5, 0.6) is 0 Å². The van der Waals surface area contributed by atoms with E-state index >= 15 is 0 Å². The lowest BCUT2D eigenvalue weighted by molar-refractivity contribution is -0.00965. The highest BCUT2D eigenvalue weighted by atomic mass is 16.7. The fraction of sp³-hybridized carbons (Fsp3) is 1.00. The summed E-state index contributed by atoms with van der Waals surface area (Å²) >= 11 is 0. The van der Waals surface area contributed by atoms with E-state index in [0.29, 0.717) is 5.92 Å². The summed E-state index contributed by atoms with van der Waals surface area (Å²) < 4.78 is 12.4. The van der Waals surface area contributed by atoms with Crippen molar-refractivity contribution in [2.75, 3.05) is 0 Å². The minimum Gasteiger partial charge on any atom is -0.404 e. The van der Waals surface area contributed by atoms with Gasteiger partial charge in [0.2, 0.25) is 0 Å². The molecule has 2 fully saturated rings. The molecule has 0 aromatic rings. The van der Waals surface area contributed by atoms with Crippen LogP contribution in [0, 0.1) is 17.8 Å². The van der Waals surface area contributed by atoms with Crippen molar-refractivity contribution in [2.24, 2.45) is 23.5 Å². The normalized spacial score (nSPS) is 36.9. The molecular weight excluding hydrogens is 237 g/mol. The number of fused-ring (bicyclic) bond motifs is 1. The van der Waals surface area contributed by atoms with Crippen LogP contribution in [0.15, 0.2) is 0 Å². The van der Waals surface area contributed by atoms with Crippen molar-refractivity contribution in [1.29, 1.82) is 0 Å². The van der Waals surface area contributed by atoms with E-state index < -0.39 is 0 Å². The van der Waals surface area contributed by atoms with Gasteiger partial charge < -0.3 is 15.0 Å².